The van der Waals surface area contributed by atoms with Crippen LogP contribution in [-0.4, -0.2) is 24.3 Å². The Morgan fingerprint density at radius 2 is 1.78 bits per heavy atom. The summed E-state index contributed by atoms with van der Waals surface area (Å²) in [6.45, 7) is 0.979. The Bertz CT molecular complexity index is 967. The molecule has 0 unspecified atom stereocenters. The Hall–Kier alpha value is -3.05. The molecule has 1 aliphatic heterocycles. The van der Waals surface area contributed by atoms with Gasteiger partial charge in [-0.15, -0.1) is 0 Å². The Kier molecular flexibility index (Phi) is 4.69. The van der Waals surface area contributed by atoms with E-state index < -0.39 is 5.60 Å². The minimum atomic E-state index is -1.12. The number of para-hydroxylation sites is 1. The van der Waals surface area contributed by atoms with Crippen molar-refractivity contribution in [2.45, 2.75) is 18.6 Å². The predicted molar refractivity (Wildman–Crippen MR) is 105 cm³/mol. The van der Waals surface area contributed by atoms with Crippen molar-refractivity contribution in [3.05, 3.63) is 77.9 Å². The molecule has 5 nitrogen and oxygen atoms in total. The van der Waals surface area contributed by atoms with Gasteiger partial charge in [-0.3, -0.25) is 0 Å². The molecule has 0 aromatic heterocycles. The highest BCUT2D eigenvalue weighted by Gasteiger charge is 2.35. The maximum absolute atomic E-state index is 12.3. The van der Waals surface area contributed by atoms with Gasteiger partial charge < -0.3 is 20.5 Å². The van der Waals surface area contributed by atoms with Crippen LogP contribution in [0.4, 0.5) is 4.79 Å². The first kappa shape index (κ1) is 17.4. The number of urea groups is 1. The number of aliphatic hydroxyl groups is 1. The molecule has 3 aromatic rings. The van der Waals surface area contributed by atoms with Gasteiger partial charge in [0.25, 0.3) is 0 Å². The van der Waals surface area contributed by atoms with E-state index in [0.29, 0.717) is 30.9 Å². The summed E-state index contributed by atoms with van der Waals surface area (Å²) < 4.78 is 5.58. The Morgan fingerprint density at radius 3 is 2.70 bits per heavy atom. The number of fused-ring (bicyclic) bond motifs is 2. The van der Waals surface area contributed by atoms with Gasteiger partial charge in [0.2, 0.25) is 0 Å². The molecule has 138 valence electrons. The van der Waals surface area contributed by atoms with Gasteiger partial charge in [0, 0.05) is 18.5 Å². The Labute approximate surface area is 158 Å². The number of ether oxygens (including phenoxy) is 1. The first-order chi connectivity index (χ1) is 13.2. The number of amides is 2. The third-order valence-corrected chi connectivity index (χ3v) is 5.02. The molecule has 0 bridgehead atoms. The van der Waals surface area contributed by atoms with E-state index in [1.54, 1.807) is 0 Å². The fraction of sp³-hybridized carbons (Fsp3) is 0.227. The van der Waals surface area contributed by atoms with E-state index in [0.717, 1.165) is 16.3 Å². The fourth-order valence-electron chi connectivity index (χ4n) is 3.54. The van der Waals surface area contributed by atoms with E-state index in [1.165, 1.54) is 0 Å². The number of benzene rings is 3. The van der Waals surface area contributed by atoms with Crippen LogP contribution in [-0.2, 0) is 12.1 Å². The van der Waals surface area contributed by atoms with Crippen molar-refractivity contribution in [2.24, 2.45) is 0 Å². The van der Waals surface area contributed by atoms with Crippen molar-refractivity contribution in [3.8, 4) is 5.75 Å². The number of nitrogens with one attached hydrogen (secondary N) is 2. The lowest BCUT2D eigenvalue weighted by molar-refractivity contribution is 0.0000633. The van der Waals surface area contributed by atoms with Crippen molar-refractivity contribution in [3.63, 3.8) is 0 Å². The lowest BCUT2D eigenvalue weighted by Gasteiger charge is -2.34. The van der Waals surface area contributed by atoms with E-state index in [4.69, 9.17) is 4.74 Å². The van der Waals surface area contributed by atoms with Crippen LogP contribution in [0.3, 0.4) is 0 Å². The Morgan fingerprint density at radius 1 is 1.00 bits per heavy atom. The highest BCUT2D eigenvalue weighted by Crippen LogP contribution is 2.36. The molecule has 0 saturated carbocycles. The molecule has 5 heteroatoms. The first-order valence-electron chi connectivity index (χ1n) is 9.09. The summed E-state index contributed by atoms with van der Waals surface area (Å²) in [5.74, 6) is 0.671. The van der Waals surface area contributed by atoms with Crippen LogP contribution in [0.1, 0.15) is 17.5 Å². The third-order valence-electron chi connectivity index (χ3n) is 5.02. The minimum Gasteiger partial charge on any atom is -0.493 e. The average Bonchev–Trinajstić information content (AvgIpc) is 2.71. The number of carbonyl (C=O) groups excluding carboxylic acids is 1. The Balaban J connectivity index is 1.39. The normalized spacial score (nSPS) is 18.4. The molecule has 0 spiro atoms. The van der Waals surface area contributed by atoms with Crippen molar-refractivity contribution in [1.29, 1.82) is 0 Å². The van der Waals surface area contributed by atoms with Gasteiger partial charge in [-0.05, 0) is 22.4 Å². The van der Waals surface area contributed by atoms with Gasteiger partial charge in [-0.1, -0.05) is 60.7 Å². The summed E-state index contributed by atoms with van der Waals surface area (Å²) in [4.78, 5) is 12.3. The second-order valence-electron chi connectivity index (χ2n) is 6.80. The van der Waals surface area contributed by atoms with E-state index in [-0.39, 0.29) is 12.6 Å². The summed E-state index contributed by atoms with van der Waals surface area (Å²) in [5, 5.41) is 18.9. The van der Waals surface area contributed by atoms with Crippen LogP contribution in [0.15, 0.2) is 66.7 Å². The smallest absolute Gasteiger partial charge is 0.315 e. The zero-order valence-electron chi connectivity index (χ0n) is 14.9. The highest BCUT2D eigenvalue weighted by molar-refractivity contribution is 5.86. The number of hydrogen-bond donors (Lipinski definition) is 3. The molecule has 0 radical (unpaired) electrons. The first-order valence-corrected chi connectivity index (χ1v) is 9.09. The molecule has 0 fully saturated rings. The SMILES string of the molecule is O=C(NCc1cccc2ccccc12)NC[C@@]1(O)CCOc2ccccc21. The fourth-order valence-corrected chi connectivity index (χ4v) is 3.54. The molecule has 3 aromatic carbocycles. The monoisotopic (exact) mass is 362 g/mol. The van der Waals surface area contributed by atoms with Gasteiger partial charge in [-0.2, -0.15) is 0 Å². The molecule has 1 aliphatic rings. The van der Waals surface area contributed by atoms with E-state index in [9.17, 15) is 9.90 Å². The van der Waals surface area contributed by atoms with Crippen LogP contribution >= 0.6 is 0 Å². The van der Waals surface area contributed by atoms with Gasteiger partial charge in [0.15, 0.2) is 0 Å². The number of carbonyl (C=O) groups is 1. The van der Waals surface area contributed by atoms with Gasteiger partial charge in [-0.25, -0.2) is 4.79 Å². The molecule has 0 saturated heterocycles. The van der Waals surface area contributed by atoms with Crippen molar-refractivity contribution < 1.29 is 14.6 Å². The average molecular weight is 362 g/mol. The van der Waals surface area contributed by atoms with E-state index in [1.807, 2.05) is 54.6 Å². The molecule has 0 aliphatic carbocycles. The zero-order chi connectivity index (χ0) is 18.7. The molecule has 27 heavy (non-hydrogen) atoms. The third kappa shape index (κ3) is 3.59. The van der Waals surface area contributed by atoms with Crippen molar-refractivity contribution in [1.82, 2.24) is 10.6 Å². The molecular weight excluding hydrogens is 340 g/mol. The van der Waals surface area contributed by atoms with Crippen LogP contribution in [0, 0.1) is 0 Å². The lowest BCUT2D eigenvalue weighted by Crippen LogP contribution is -2.46. The summed E-state index contributed by atoms with van der Waals surface area (Å²) in [7, 11) is 0. The van der Waals surface area contributed by atoms with Crippen LogP contribution in [0.2, 0.25) is 0 Å². The lowest BCUT2D eigenvalue weighted by atomic mass is 9.88. The summed E-state index contributed by atoms with van der Waals surface area (Å²) in [5.41, 5.74) is 0.648. The van der Waals surface area contributed by atoms with Crippen LogP contribution in [0.25, 0.3) is 10.8 Å². The molecule has 4 rings (SSSR count). The van der Waals surface area contributed by atoms with Crippen molar-refractivity contribution >= 4 is 16.8 Å². The standard InChI is InChI=1S/C22H22N2O3/c25-21(23-14-17-8-5-7-16-6-1-2-9-18(16)17)24-15-22(26)12-13-27-20-11-4-3-10-19(20)22/h1-11,26H,12-15H2,(H2,23,24,25)/t22-/m0/s1. The molecule has 3 N–H and O–H groups in total. The maximum atomic E-state index is 12.3. The number of rotatable bonds is 4. The van der Waals surface area contributed by atoms with Crippen LogP contribution < -0.4 is 15.4 Å². The predicted octanol–water partition coefficient (Wildman–Crippen LogP) is 3.31. The number of hydrogen-bond acceptors (Lipinski definition) is 3. The largest absolute Gasteiger partial charge is 0.493 e. The maximum Gasteiger partial charge on any atom is 0.315 e. The molecule has 2 amide bonds. The topological polar surface area (TPSA) is 70.6 Å². The minimum absolute atomic E-state index is 0.134. The van der Waals surface area contributed by atoms with Gasteiger partial charge in [0.05, 0.1) is 13.2 Å². The quantitative estimate of drug-likeness (QED) is 0.667. The zero-order valence-corrected chi connectivity index (χ0v) is 14.9. The second kappa shape index (κ2) is 7.29. The summed E-state index contributed by atoms with van der Waals surface area (Å²) >= 11 is 0. The van der Waals surface area contributed by atoms with Gasteiger partial charge in [0.1, 0.15) is 11.4 Å². The van der Waals surface area contributed by atoms with E-state index >= 15 is 0 Å². The molecule has 1 atom stereocenters. The highest BCUT2D eigenvalue weighted by atomic mass is 16.5. The van der Waals surface area contributed by atoms with Crippen molar-refractivity contribution in [2.75, 3.05) is 13.2 Å². The van der Waals surface area contributed by atoms with Gasteiger partial charge >= 0.3 is 6.03 Å². The summed E-state index contributed by atoms with van der Waals surface area (Å²) in [6.07, 6.45) is 0.438. The van der Waals surface area contributed by atoms with Crippen LogP contribution in [0.5, 0.6) is 5.75 Å². The molecular formula is C22H22N2O3. The molecule has 1 heterocycles. The second-order valence-corrected chi connectivity index (χ2v) is 6.80. The summed E-state index contributed by atoms with van der Waals surface area (Å²) in [6, 6.07) is 21.2. The van der Waals surface area contributed by atoms with E-state index in [2.05, 4.69) is 22.8 Å².